The van der Waals surface area contributed by atoms with Gasteiger partial charge in [0.1, 0.15) is 0 Å². The molecular formula is C21H21N5O3S2. The minimum absolute atomic E-state index is 0.112. The quantitative estimate of drug-likeness (QED) is 0.428. The maximum absolute atomic E-state index is 12.2. The van der Waals surface area contributed by atoms with Crippen LogP contribution in [-0.2, 0) is 27.3 Å². The Morgan fingerprint density at radius 2 is 1.65 bits per heavy atom. The van der Waals surface area contributed by atoms with E-state index in [1.54, 1.807) is 36.7 Å². The lowest BCUT2D eigenvalue weighted by Gasteiger charge is -2.06. The fourth-order valence-corrected chi connectivity index (χ4v) is 4.17. The number of hydrogen-bond donors (Lipinski definition) is 3. The van der Waals surface area contributed by atoms with E-state index in [-0.39, 0.29) is 29.9 Å². The number of rotatable bonds is 9. The fourth-order valence-electron chi connectivity index (χ4n) is 2.53. The molecule has 0 fully saturated rings. The van der Waals surface area contributed by atoms with Crippen LogP contribution >= 0.6 is 23.1 Å². The third-order valence-corrected chi connectivity index (χ3v) is 6.00. The van der Waals surface area contributed by atoms with Crippen LogP contribution in [0.3, 0.4) is 0 Å². The van der Waals surface area contributed by atoms with E-state index in [9.17, 15) is 14.4 Å². The van der Waals surface area contributed by atoms with Crippen LogP contribution < -0.4 is 16.0 Å². The normalized spacial score (nSPS) is 10.4. The first-order valence-corrected chi connectivity index (χ1v) is 11.2. The number of benzene rings is 1. The van der Waals surface area contributed by atoms with E-state index in [4.69, 9.17) is 0 Å². The van der Waals surface area contributed by atoms with E-state index in [0.29, 0.717) is 23.6 Å². The summed E-state index contributed by atoms with van der Waals surface area (Å²) in [7, 11) is 0. The zero-order valence-corrected chi connectivity index (χ0v) is 18.4. The molecule has 1 aromatic carbocycles. The van der Waals surface area contributed by atoms with Gasteiger partial charge in [-0.1, -0.05) is 11.8 Å². The number of aromatic nitrogens is 2. The summed E-state index contributed by atoms with van der Waals surface area (Å²) < 4.78 is 0.730. The number of anilines is 2. The van der Waals surface area contributed by atoms with Crippen molar-refractivity contribution in [2.75, 3.05) is 16.4 Å². The molecule has 0 saturated heterocycles. The van der Waals surface area contributed by atoms with E-state index in [2.05, 4.69) is 25.9 Å². The molecule has 0 bridgehead atoms. The molecule has 0 radical (unpaired) electrons. The highest BCUT2D eigenvalue weighted by molar-refractivity contribution is 8.01. The third kappa shape index (κ3) is 7.83. The van der Waals surface area contributed by atoms with E-state index in [1.165, 1.54) is 30.0 Å². The molecule has 160 valence electrons. The number of pyridine rings is 1. The molecule has 2 heterocycles. The van der Waals surface area contributed by atoms with Crippen molar-refractivity contribution < 1.29 is 14.4 Å². The summed E-state index contributed by atoms with van der Waals surface area (Å²) >= 11 is 2.72. The van der Waals surface area contributed by atoms with Crippen molar-refractivity contribution in [2.45, 2.75) is 24.2 Å². The van der Waals surface area contributed by atoms with Crippen molar-refractivity contribution in [2.24, 2.45) is 0 Å². The van der Waals surface area contributed by atoms with Crippen molar-refractivity contribution in [1.82, 2.24) is 15.3 Å². The van der Waals surface area contributed by atoms with Gasteiger partial charge >= 0.3 is 0 Å². The second kappa shape index (κ2) is 11.2. The maximum atomic E-state index is 12.2. The topological polar surface area (TPSA) is 113 Å². The molecule has 10 heteroatoms. The lowest BCUT2D eigenvalue weighted by Crippen LogP contribution is -2.24. The lowest BCUT2D eigenvalue weighted by molar-refractivity contribution is -0.120. The molecule has 0 spiro atoms. The highest BCUT2D eigenvalue weighted by atomic mass is 32.2. The van der Waals surface area contributed by atoms with Gasteiger partial charge in [-0.3, -0.25) is 19.4 Å². The van der Waals surface area contributed by atoms with Crippen LogP contribution in [0.15, 0.2) is 58.5 Å². The molecule has 0 atom stereocenters. The Labute approximate surface area is 187 Å². The number of amides is 3. The molecule has 31 heavy (non-hydrogen) atoms. The Hall–Kier alpha value is -3.24. The summed E-state index contributed by atoms with van der Waals surface area (Å²) in [5, 5.41) is 10.1. The Morgan fingerprint density at radius 1 is 0.968 bits per heavy atom. The van der Waals surface area contributed by atoms with E-state index >= 15 is 0 Å². The molecule has 3 amide bonds. The van der Waals surface area contributed by atoms with Crippen LogP contribution in [0, 0.1) is 0 Å². The molecular weight excluding hydrogens is 434 g/mol. The van der Waals surface area contributed by atoms with Gasteiger partial charge in [-0.2, -0.15) is 0 Å². The first-order chi connectivity index (χ1) is 15.0. The average Bonchev–Trinajstić information content (AvgIpc) is 3.20. The predicted octanol–water partition coefficient (Wildman–Crippen LogP) is 3.09. The highest BCUT2D eigenvalue weighted by Crippen LogP contribution is 2.23. The van der Waals surface area contributed by atoms with Crippen molar-refractivity contribution in [3.8, 4) is 0 Å². The summed E-state index contributed by atoms with van der Waals surface area (Å²) in [6.45, 7) is 1.88. The SMILES string of the molecule is CC(=O)Nc1ccc(NC(=O)CSc2nc(CC(=O)NCc3ccncc3)cs2)cc1. The molecule has 0 aliphatic heterocycles. The van der Waals surface area contributed by atoms with Gasteiger partial charge in [0, 0.05) is 42.6 Å². The van der Waals surface area contributed by atoms with Crippen molar-refractivity contribution in [3.63, 3.8) is 0 Å². The lowest BCUT2D eigenvalue weighted by atomic mass is 10.2. The summed E-state index contributed by atoms with van der Waals surface area (Å²) in [4.78, 5) is 43.6. The smallest absolute Gasteiger partial charge is 0.234 e. The molecule has 0 unspecified atom stereocenters. The molecule has 0 aliphatic carbocycles. The predicted molar refractivity (Wildman–Crippen MR) is 122 cm³/mol. The Morgan fingerprint density at radius 3 is 2.32 bits per heavy atom. The van der Waals surface area contributed by atoms with Gasteiger partial charge < -0.3 is 16.0 Å². The number of carbonyl (C=O) groups is 3. The molecule has 3 aromatic rings. The van der Waals surface area contributed by atoms with Gasteiger partial charge in [0.05, 0.1) is 17.9 Å². The van der Waals surface area contributed by atoms with Crippen LogP contribution in [0.2, 0.25) is 0 Å². The number of thiazole rings is 1. The van der Waals surface area contributed by atoms with Gasteiger partial charge in [-0.15, -0.1) is 11.3 Å². The zero-order chi connectivity index (χ0) is 22.1. The van der Waals surface area contributed by atoms with Gasteiger partial charge in [0.15, 0.2) is 4.34 Å². The summed E-state index contributed by atoms with van der Waals surface area (Å²) in [5.41, 5.74) is 2.97. The van der Waals surface area contributed by atoms with Crippen LogP contribution in [0.25, 0.3) is 0 Å². The van der Waals surface area contributed by atoms with E-state index in [0.717, 1.165) is 9.90 Å². The minimum Gasteiger partial charge on any atom is -0.352 e. The molecule has 3 rings (SSSR count). The monoisotopic (exact) mass is 455 g/mol. The van der Waals surface area contributed by atoms with E-state index in [1.807, 2.05) is 17.5 Å². The second-order valence-corrected chi connectivity index (χ2v) is 8.59. The third-order valence-electron chi connectivity index (χ3n) is 3.93. The number of carbonyl (C=O) groups excluding carboxylic acids is 3. The van der Waals surface area contributed by atoms with Crippen LogP contribution in [0.4, 0.5) is 11.4 Å². The summed E-state index contributed by atoms with van der Waals surface area (Å²) in [6, 6.07) is 10.6. The molecule has 2 aromatic heterocycles. The van der Waals surface area contributed by atoms with Gasteiger partial charge in [0.25, 0.3) is 0 Å². The molecule has 0 saturated carbocycles. The standard InChI is InChI=1S/C21H21N5O3S2/c1-14(27)24-16-2-4-17(5-3-16)25-20(29)13-31-21-26-18(12-30-21)10-19(28)23-11-15-6-8-22-9-7-15/h2-9,12H,10-11,13H2,1H3,(H,23,28)(H,24,27)(H,25,29). The Balaban J connectivity index is 1.40. The number of hydrogen-bond acceptors (Lipinski definition) is 7. The van der Waals surface area contributed by atoms with Crippen molar-refractivity contribution in [3.05, 3.63) is 65.4 Å². The first kappa shape index (κ1) is 22.4. The van der Waals surface area contributed by atoms with Gasteiger partial charge in [-0.05, 0) is 42.0 Å². The Bertz CT molecular complexity index is 1040. The largest absolute Gasteiger partial charge is 0.352 e. The molecule has 0 aliphatic rings. The molecule has 3 N–H and O–H groups in total. The van der Waals surface area contributed by atoms with Gasteiger partial charge in [0.2, 0.25) is 17.7 Å². The zero-order valence-electron chi connectivity index (χ0n) is 16.8. The van der Waals surface area contributed by atoms with E-state index < -0.39 is 0 Å². The fraction of sp³-hybridized carbons (Fsp3) is 0.190. The maximum Gasteiger partial charge on any atom is 0.234 e. The first-order valence-electron chi connectivity index (χ1n) is 9.38. The minimum atomic E-state index is -0.163. The number of thioether (sulfide) groups is 1. The van der Waals surface area contributed by atoms with Crippen LogP contribution in [-0.4, -0.2) is 33.4 Å². The summed E-state index contributed by atoms with van der Waals surface area (Å²) in [6.07, 6.45) is 3.56. The average molecular weight is 456 g/mol. The molecule has 8 nitrogen and oxygen atoms in total. The Kier molecular flexibility index (Phi) is 8.13. The highest BCUT2D eigenvalue weighted by Gasteiger charge is 2.10. The van der Waals surface area contributed by atoms with Crippen molar-refractivity contribution in [1.29, 1.82) is 0 Å². The van der Waals surface area contributed by atoms with Gasteiger partial charge in [-0.25, -0.2) is 4.98 Å². The number of nitrogens with zero attached hydrogens (tertiary/aromatic N) is 2. The second-order valence-electron chi connectivity index (χ2n) is 6.51. The number of nitrogens with one attached hydrogen (secondary N) is 3. The summed E-state index contributed by atoms with van der Waals surface area (Å²) in [5.74, 6) is -0.222. The van der Waals surface area contributed by atoms with Crippen LogP contribution in [0.1, 0.15) is 18.2 Å². The van der Waals surface area contributed by atoms with Crippen LogP contribution in [0.5, 0.6) is 0 Å². The van der Waals surface area contributed by atoms with Crippen molar-refractivity contribution >= 4 is 52.2 Å².